The molecule has 0 aromatic heterocycles. The molecule has 6 nitrogen and oxygen atoms in total. The van der Waals surface area contributed by atoms with Gasteiger partial charge in [0.15, 0.2) is 0 Å². The third kappa shape index (κ3) is 4.73. The minimum Gasteiger partial charge on any atom is -0.394 e. The second-order valence-corrected chi connectivity index (χ2v) is 4.27. The molecule has 2 atom stereocenters. The van der Waals surface area contributed by atoms with Crippen LogP contribution in [0.1, 0.15) is 0 Å². The highest BCUT2D eigenvalue weighted by Crippen LogP contribution is 2.03. The number of nitrogens with zero attached hydrogens (tertiary/aromatic N) is 2. The van der Waals surface area contributed by atoms with E-state index in [0.29, 0.717) is 13.1 Å². The molecule has 0 aromatic carbocycles. The topological polar surface area (TPSA) is 87.4 Å². The third-order valence-electron chi connectivity index (χ3n) is 2.82. The molecule has 6 heteroatoms. The lowest BCUT2D eigenvalue weighted by Gasteiger charge is -2.36. The predicted molar refractivity (Wildman–Crippen MR) is 59.1 cm³/mol. The Balaban J connectivity index is 2.18. The van der Waals surface area contributed by atoms with Gasteiger partial charge in [0.05, 0.1) is 25.4 Å². The van der Waals surface area contributed by atoms with Crippen molar-refractivity contribution in [2.45, 2.75) is 12.2 Å². The van der Waals surface area contributed by atoms with Crippen molar-refractivity contribution in [3.05, 3.63) is 0 Å². The summed E-state index contributed by atoms with van der Waals surface area (Å²) in [5, 5.41) is 36.0. The molecule has 1 fully saturated rings. The Morgan fingerprint density at radius 1 is 0.750 bits per heavy atom. The third-order valence-corrected chi connectivity index (χ3v) is 2.82. The summed E-state index contributed by atoms with van der Waals surface area (Å²) in [6.07, 6.45) is -1.34. The second kappa shape index (κ2) is 7.16. The van der Waals surface area contributed by atoms with Crippen LogP contribution in [0.15, 0.2) is 0 Å². The molecule has 0 aliphatic carbocycles. The van der Waals surface area contributed by atoms with Crippen LogP contribution < -0.4 is 0 Å². The zero-order chi connectivity index (χ0) is 12.0. The van der Waals surface area contributed by atoms with E-state index in [0.717, 1.165) is 26.2 Å². The van der Waals surface area contributed by atoms with Crippen molar-refractivity contribution in [1.82, 2.24) is 9.80 Å². The van der Waals surface area contributed by atoms with E-state index in [-0.39, 0.29) is 13.2 Å². The Kier molecular flexibility index (Phi) is 6.18. The number of aliphatic hydroxyl groups excluding tert-OH is 4. The van der Waals surface area contributed by atoms with E-state index in [9.17, 15) is 10.2 Å². The first-order valence-electron chi connectivity index (χ1n) is 5.68. The van der Waals surface area contributed by atoms with Gasteiger partial charge in [-0.05, 0) is 0 Å². The fourth-order valence-corrected chi connectivity index (χ4v) is 1.87. The van der Waals surface area contributed by atoms with Crippen LogP contribution in [0, 0.1) is 0 Å². The summed E-state index contributed by atoms with van der Waals surface area (Å²) in [7, 11) is 0. The zero-order valence-electron chi connectivity index (χ0n) is 9.49. The molecule has 0 radical (unpaired) electrons. The Bertz CT molecular complexity index is 166. The van der Waals surface area contributed by atoms with Crippen molar-refractivity contribution >= 4 is 0 Å². The van der Waals surface area contributed by atoms with Crippen LogP contribution >= 0.6 is 0 Å². The van der Waals surface area contributed by atoms with Gasteiger partial charge in [0.25, 0.3) is 0 Å². The van der Waals surface area contributed by atoms with Crippen molar-refractivity contribution in [1.29, 1.82) is 0 Å². The van der Waals surface area contributed by atoms with Crippen LogP contribution in [-0.4, -0.2) is 94.9 Å². The zero-order valence-corrected chi connectivity index (χ0v) is 9.49. The quantitative estimate of drug-likeness (QED) is 0.400. The van der Waals surface area contributed by atoms with Gasteiger partial charge in [-0.15, -0.1) is 0 Å². The molecule has 1 aliphatic rings. The van der Waals surface area contributed by atoms with Crippen LogP contribution in [0.5, 0.6) is 0 Å². The SMILES string of the molecule is OCC(O)CN1CCN(CC(O)CO)CC1. The maximum absolute atomic E-state index is 9.28. The van der Waals surface area contributed by atoms with Crippen molar-refractivity contribution in [3.8, 4) is 0 Å². The molecule has 0 bridgehead atoms. The lowest BCUT2D eigenvalue weighted by molar-refractivity contribution is 0.0182. The smallest absolute Gasteiger partial charge is 0.0897 e. The van der Waals surface area contributed by atoms with Gasteiger partial charge in [0.1, 0.15) is 0 Å². The van der Waals surface area contributed by atoms with Crippen molar-refractivity contribution in [2.75, 3.05) is 52.5 Å². The molecular formula is C10H22N2O4. The molecule has 1 aliphatic heterocycles. The van der Waals surface area contributed by atoms with Crippen LogP contribution in [0.4, 0.5) is 0 Å². The Morgan fingerprint density at radius 3 is 1.31 bits per heavy atom. The van der Waals surface area contributed by atoms with Gasteiger partial charge in [0.2, 0.25) is 0 Å². The Hall–Kier alpha value is -0.240. The highest BCUT2D eigenvalue weighted by atomic mass is 16.3. The Morgan fingerprint density at radius 2 is 1.06 bits per heavy atom. The molecular weight excluding hydrogens is 212 g/mol. The first-order chi connectivity index (χ1) is 7.65. The summed E-state index contributed by atoms with van der Waals surface area (Å²) in [5.74, 6) is 0. The van der Waals surface area contributed by atoms with Crippen molar-refractivity contribution < 1.29 is 20.4 Å². The monoisotopic (exact) mass is 234 g/mol. The largest absolute Gasteiger partial charge is 0.394 e. The van der Waals surface area contributed by atoms with Gasteiger partial charge in [-0.3, -0.25) is 9.80 Å². The summed E-state index contributed by atoms with van der Waals surface area (Å²) < 4.78 is 0. The minimum absolute atomic E-state index is 0.205. The molecule has 0 aromatic rings. The van der Waals surface area contributed by atoms with Crippen LogP contribution in [0.25, 0.3) is 0 Å². The maximum atomic E-state index is 9.28. The highest BCUT2D eigenvalue weighted by Gasteiger charge is 2.20. The number of hydrogen-bond acceptors (Lipinski definition) is 6. The Labute approximate surface area is 95.7 Å². The molecule has 1 saturated heterocycles. The van der Waals surface area contributed by atoms with Crippen molar-refractivity contribution in [2.24, 2.45) is 0 Å². The van der Waals surface area contributed by atoms with E-state index in [2.05, 4.69) is 9.80 Å². The average Bonchev–Trinajstić information content (AvgIpc) is 2.31. The summed E-state index contributed by atoms with van der Waals surface area (Å²) in [6, 6.07) is 0. The summed E-state index contributed by atoms with van der Waals surface area (Å²) in [4.78, 5) is 4.17. The number of piperazine rings is 1. The van der Waals surface area contributed by atoms with Crippen LogP contribution in [0.2, 0.25) is 0 Å². The number of hydrogen-bond donors (Lipinski definition) is 4. The van der Waals surface area contributed by atoms with Crippen LogP contribution in [-0.2, 0) is 0 Å². The standard InChI is InChI=1S/C10H22N2O4/c13-7-9(15)5-11-1-2-12(4-3-11)6-10(16)8-14/h9-10,13-16H,1-8H2. The molecule has 2 unspecified atom stereocenters. The predicted octanol–water partition coefficient (Wildman–Crippen LogP) is -2.69. The number of rotatable bonds is 6. The molecule has 96 valence electrons. The normalized spacial score (nSPS) is 23.2. The van der Waals surface area contributed by atoms with Gasteiger partial charge in [-0.2, -0.15) is 0 Å². The van der Waals surface area contributed by atoms with Gasteiger partial charge in [-0.1, -0.05) is 0 Å². The minimum atomic E-state index is -0.672. The fraction of sp³-hybridized carbons (Fsp3) is 1.00. The lowest BCUT2D eigenvalue weighted by atomic mass is 10.2. The van der Waals surface area contributed by atoms with Gasteiger partial charge < -0.3 is 20.4 Å². The fourth-order valence-electron chi connectivity index (χ4n) is 1.87. The lowest BCUT2D eigenvalue weighted by Crippen LogP contribution is -2.50. The van der Waals surface area contributed by atoms with E-state index >= 15 is 0 Å². The first-order valence-corrected chi connectivity index (χ1v) is 5.68. The molecule has 16 heavy (non-hydrogen) atoms. The van der Waals surface area contributed by atoms with E-state index in [1.807, 2.05) is 0 Å². The van der Waals surface area contributed by atoms with Gasteiger partial charge >= 0.3 is 0 Å². The van der Waals surface area contributed by atoms with Gasteiger partial charge in [-0.25, -0.2) is 0 Å². The molecule has 4 N–H and O–H groups in total. The van der Waals surface area contributed by atoms with E-state index in [1.54, 1.807) is 0 Å². The van der Waals surface area contributed by atoms with Crippen LogP contribution in [0.3, 0.4) is 0 Å². The molecule has 0 saturated carbocycles. The van der Waals surface area contributed by atoms with E-state index < -0.39 is 12.2 Å². The number of β-amino-alcohol motifs (C(OH)–C–C–N with tert-alkyl or cyclic N) is 2. The highest BCUT2D eigenvalue weighted by molar-refractivity contribution is 4.75. The second-order valence-electron chi connectivity index (χ2n) is 4.27. The molecule has 0 amide bonds. The summed E-state index contributed by atoms with van der Waals surface area (Å²) >= 11 is 0. The first kappa shape index (κ1) is 13.8. The molecule has 1 heterocycles. The average molecular weight is 234 g/mol. The maximum Gasteiger partial charge on any atom is 0.0897 e. The number of aliphatic hydroxyl groups is 4. The van der Waals surface area contributed by atoms with Gasteiger partial charge in [0, 0.05) is 39.3 Å². The molecule has 0 spiro atoms. The van der Waals surface area contributed by atoms with E-state index in [1.165, 1.54) is 0 Å². The summed E-state index contributed by atoms with van der Waals surface area (Å²) in [6.45, 7) is 3.83. The molecule has 1 rings (SSSR count). The van der Waals surface area contributed by atoms with E-state index in [4.69, 9.17) is 10.2 Å². The summed E-state index contributed by atoms with van der Waals surface area (Å²) in [5.41, 5.74) is 0. The van der Waals surface area contributed by atoms with Crippen molar-refractivity contribution in [3.63, 3.8) is 0 Å².